The number of rotatable bonds is 7. The monoisotopic (exact) mass is 363 g/mol. The van der Waals surface area contributed by atoms with E-state index in [1.807, 2.05) is 43.3 Å². The molecule has 3 rings (SSSR count). The van der Waals surface area contributed by atoms with Crippen molar-refractivity contribution < 1.29 is 14.3 Å². The summed E-state index contributed by atoms with van der Waals surface area (Å²) in [6, 6.07) is 18.3. The molecule has 0 bridgehead atoms. The molecule has 0 radical (unpaired) electrons. The maximum Gasteiger partial charge on any atom is 0.274 e. The highest BCUT2D eigenvalue weighted by Gasteiger charge is 2.10. The van der Waals surface area contributed by atoms with Crippen molar-refractivity contribution in [2.24, 2.45) is 0 Å². The zero-order chi connectivity index (χ0) is 19.1. The zero-order valence-corrected chi connectivity index (χ0v) is 15.2. The smallest absolute Gasteiger partial charge is 0.274 e. The minimum absolute atomic E-state index is 0.289. The predicted molar refractivity (Wildman–Crippen MR) is 106 cm³/mol. The molecule has 0 spiro atoms. The van der Waals surface area contributed by atoms with E-state index in [-0.39, 0.29) is 5.91 Å². The van der Waals surface area contributed by atoms with Crippen LogP contribution in [0, 0.1) is 0 Å². The Bertz CT molecular complexity index is 911. The Kier molecular flexibility index (Phi) is 5.89. The number of hydrogen-bond acceptors (Lipinski definition) is 5. The summed E-state index contributed by atoms with van der Waals surface area (Å²) in [5.74, 6) is 1.19. The van der Waals surface area contributed by atoms with E-state index in [4.69, 9.17) is 9.47 Å². The van der Waals surface area contributed by atoms with E-state index < -0.39 is 0 Å². The number of nitrogens with one attached hydrogen (secondary N) is 2. The van der Waals surface area contributed by atoms with Crippen molar-refractivity contribution in [1.82, 2.24) is 4.98 Å². The van der Waals surface area contributed by atoms with Crippen LogP contribution in [0.1, 0.15) is 17.4 Å². The Balaban J connectivity index is 1.71. The number of nitrogens with zero attached hydrogens (tertiary/aromatic N) is 1. The van der Waals surface area contributed by atoms with E-state index in [1.165, 1.54) is 0 Å². The molecule has 0 saturated heterocycles. The summed E-state index contributed by atoms with van der Waals surface area (Å²) in [6.45, 7) is 2.52. The molecule has 27 heavy (non-hydrogen) atoms. The molecule has 1 amide bonds. The Morgan fingerprint density at radius 3 is 2.56 bits per heavy atom. The van der Waals surface area contributed by atoms with Crippen LogP contribution >= 0.6 is 0 Å². The van der Waals surface area contributed by atoms with Gasteiger partial charge in [0, 0.05) is 17.6 Å². The van der Waals surface area contributed by atoms with Gasteiger partial charge in [0.25, 0.3) is 5.91 Å². The molecule has 3 aromatic rings. The summed E-state index contributed by atoms with van der Waals surface area (Å²) in [6.07, 6.45) is 1.59. The Hall–Kier alpha value is -3.54. The maximum absolute atomic E-state index is 12.5. The second-order valence-corrected chi connectivity index (χ2v) is 5.67. The summed E-state index contributed by atoms with van der Waals surface area (Å²) >= 11 is 0. The van der Waals surface area contributed by atoms with E-state index in [1.54, 1.807) is 37.6 Å². The summed E-state index contributed by atoms with van der Waals surface area (Å²) in [4.78, 5) is 16.7. The largest absolute Gasteiger partial charge is 0.495 e. The predicted octanol–water partition coefficient (Wildman–Crippen LogP) is 4.48. The lowest BCUT2D eigenvalue weighted by Gasteiger charge is -2.12. The molecule has 0 aliphatic carbocycles. The molecule has 0 atom stereocenters. The van der Waals surface area contributed by atoms with E-state index in [0.717, 1.165) is 22.9 Å². The molecule has 2 aromatic carbocycles. The highest BCUT2D eigenvalue weighted by Crippen LogP contribution is 2.27. The molecule has 6 heteroatoms. The first kappa shape index (κ1) is 18.3. The molecule has 0 aliphatic rings. The number of anilines is 3. The number of amides is 1. The fourth-order valence-electron chi connectivity index (χ4n) is 2.53. The molecule has 1 aromatic heterocycles. The van der Waals surface area contributed by atoms with Gasteiger partial charge in [-0.05, 0) is 55.5 Å². The number of carbonyl (C=O) groups excluding carboxylic acids is 1. The van der Waals surface area contributed by atoms with Crippen molar-refractivity contribution in [3.63, 3.8) is 0 Å². The highest BCUT2D eigenvalue weighted by atomic mass is 16.5. The van der Waals surface area contributed by atoms with Crippen LogP contribution in [0.3, 0.4) is 0 Å². The molecule has 0 fully saturated rings. The minimum Gasteiger partial charge on any atom is -0.495 e. The number of para-hydroxylation sites is 2. The second kappa shape index (κ2) is 8.71. The van der Waals surface area contributed by atoms with Crippen LogP contribution in [-0.4, -0.2) is 24.6 Å². The lowest BCUT2D eigenvalue weighted by atomic mass is 10.2. The van der Waals surface area contributed by atoms with Gasteiger partial charge in [0.1, 0.15) is 17.2 Å². The Morgan fingerprint density at radius 1 is 1.04 bits per heavy atom. The normalized spacial score (nSPS) is 10.1. The van der Waals surface area contributed by atoms with Gasteiger partial charge >= 0.3 is 0 Å². The number of carbonyl (C=O) groups is 1. The molecule has 2 N–H and O–H groups in total. The molecule has 0 unspecified atom stereocenters. The zero-order valence-electron chi connectivity index (χ0n) is 15.2. The lowest BCUT2D eigenvalue weighted by Crippen LogP contribution is -2.13. The van der Waals surface area contributed by atoms with Gasteiger partial charge < -0.3 is 20.1 Å². The van der Waals surface area contributed by atoms with Gasteiger partial charge in [0.05, 0.1) is 19.4 Å². The fourth-order valence-corrected chi connectivity index (χ4v) is 2.53. The van der Waals surface area contributed by atoms with Crippen molar-refractivity contribution in [2.45, 2.75) is 6.92 Å². The number of ether oxygens (including phenoxy) is 2. The van der Waals surface area contributed by atoms with Crippen LogP contribution in [0.25, 0.3) is 0 Å². The van der Waals surface area contributed by atoms with Crippen molar-refractivity contribution in [1.29, 1.82) is 0 Å². The average molecular weight is 363 g/mol. The first-order chi connectivity index (χ1) is 13.2. The number of benzene rings is 2. The van der Waals surface area contributed by atoms with Gasteiger partial charge in [-0.2, -0.15) is 0 Å². The number of hydrogen-bond donors (Lipinski definition) is 2. The van der Waals surface area contributed by atoms with E-state index >= 15 is 0 Å². The lowest BCUT2D eigenvalue weighted by molar-refractivity contribution is 0.102. The van der Waals surface area contributed by atoms with E-state index in [2.05, 4.69) is 15.6 Å². The molecular weight excluding hydrogens is 342 g/mol. The van der Waals surface area contributed by atoms with Crippen LogP contribution in [0.5, 0.6) is 11.5 Å². The van der Waals surface area contributed by atoms with Crippen LogP contribution in [0.2, 0.25) is 0 Å². The SMILES string of the molecule is CCOc1ccc(NC(=O)c2cc(Nc3ccccc3OC)ccn2)cc1. The molecule has 138 valence electrons. The van der Waals surface area contributed by atoms with E-state index in [9.17, 15) is 4.79 Å². The van der Waals surface area contributed by atoms with Crippen molar-refractivity contribution in [2.75, 3.05) is 24.4 Å². The maximum atomic E-state index is 12.5. The standard InChI is InChI=1S/C21H21N3O3/c1-3-27-17-10-8-15(9-11-17)24-21(25)19-14-16(12-13-22-19)23-18-6-4-5-7-20(18)26-2/h4-14H,3H2,1-2H3,(H,22,23)(H,24,25). The highest BCUT2D eigenvalue weighted by molar-refractivity contribution is 6.03. The Morgan fingerprint density at radius 2 is 1.81 bits per heavy atom. The first-order valence-corrected chi connectivity index (χ1v) is 8.60. The first-order valence-electron chi connectivity index (χ1n) is 8.60. The van der Waals surface area contributed by atoms with Gasteiger partial charge in [0.2, 0.25) is 0 Å². The third-order valence-corrected chi connectivity index (χ3v) is 3.80. The van der Waals surface area contributed by atoms with Crippen LogP contribution in [-0.2, 0) is 0 Å². The molecule has 1 heterocycles. The minimum atomic E-state index is -0.289. The van der Waals surface area contributed by atoms with Gasteiger partial charge in [-0.1, -0.05) is 12.1 Å². The quantitative estimate of drug-likeness (QED) is 0.647. The van der Waals surface area contributed by atoms with Gasteiger partial charge in [0.15, 0.2) is 0 Å². The molecular formula is C21H21N3O3. The summed E-state index contributed by atoms with van der Waals surface area (Å²) in [7, 11) is 1.61. The number of aromatic nitrogens is 1. The summed E-state index contributed by atoms with van der Waals surface area (Å²) < 4.78 is 10.7. The number of pyridine rings is 1. The third kappa shape index (κ3) is 4.76. The number of methoxy groups -OCH3 is 1. The topological polar surface area (TPSA) is 72.5 Å². The van der Waals surface area contributed by atoms with Crippen LogP contribution in [0.4, 0.5) is 17.1 Å². The van der Waals surface area contributed by atoms with Crippen LogP contribution in [0.15, 0.2) is 66.9 Å². The third-order valence-electron chi connectivity index (χ3n) is 3.80. The molecule has 0 aliphatic heterocycles. The van der Waals surface area contributed by atoms with Crippen molar-refractivity contribution >= 4 is 23.0 Å². The van der Waals surface area contributed by atoms with Crippen molar-refractivity contribution in [3.05, 3.63) is 72.6 Å². The van der Waals surface area contributed by atoms with Gasteiger partial charge in [-0.15, -0.1) is 0 Å². The molecule has 6 nitrogen and oxygen atoms in total. The van der Waals surface area contributed by atoms with Gasteiger partial charge in [-0.25, -0.2) is 0 Å². The second-order valence-electron chi connectivity index (χ2n) is 5.67. The van der Waals surface area contributed by atoms with E-state index in [0.29, 0.717) is 18.0 Å². The average Bonchev–Trinajstić information content (AvgIpc) is 2.70. The van der Waals surface area contributed by atoms with Gasteiger partial charge in [-0.3, -0.25) is 9.78 Å². The fraction of sp³-hybridized carbons (Fsp3) is 0.143. The summed E-state index contributed by atoms with van der Waals surface area (Å²) in [5.41, 5.74) is 2.53. The molecule has 0 saturated carbocycles. The van der Waals surface area contributed by atoms with Crippen LogP contribution < -0.4 is 20.1 Å². The summed E-state index contributed by atoms with van der Waals surface area (Å²) in [5, 5.41) is 6.07. The van der Waals surface area contributed by atoms with Crippen molar-refractivity contribution in [3.8, 4) is 11.5 Å². The Labute approximate surface area is 158 Å².